The van der Waals surface area contributed by atoms with Crippen LogP contribution >= 0.6 is 0 Å². The molecule has 7 heteroatoms. The van der Waals surface area contributed by atoms with Crippen molar-refractivity contribution in [2.75, 3.05) is 0 Å². The standard InChI is InChI=1S/C23H38O6S/c1-20(2)16-8-11-21(3)14-15(23(5)13-10-19(24)28-23)6-7-17(21)22(16,4)12-9-18(20)29-30(25,26)27/h15-18H,6-14H2,1-5H3,(H,25,26,27)/t15?,16?,17-,18-,21-,22-,23?/m0/s1. The van der Waals surface area contributed by atoms with Crippen molar-refractivity contribution in [3.05, 3.63) is 0 Å². The van der Waals surface area contributed by atoms with Crippen LogP contribution in [0.2, 0.25) is 0 Å². The summed E-state index contributed by atoms with van der Waals surface area (Å²) in [6.45, 7) is 11.2. The number of rotatable bonds is 3. The summed E-state index contributed by atoms with van der Waals surface area (Å²) in [5.41, 5.74) is -0.316. The second-order valence-corrected chi connectivity index (χ2v) is 13.0. The van der Waals surface area contributed by atoms with Crippen molar-refractivity contribution in [1.82, 2.24) is 0 Å². The van der Waals surface area contributed by atoms with Gasteiger partial charge in [0.05, 0.1) is 6.10 Å². The van der Waals surface area contributed by atoms with E-state index in [1.165, 1.54) is 0 Å². The first-order valence-corrected chi connectivity index (χ1v) is 12.9. The van der Waals surface area contributed by atoms with Crippen LogP contribution in [0, 0.1) is 34.0 Å². The van der Waals surface area contributed by atoms with Crippen molar-refractivity contribution < 1.29 is 26.7 Å². The van der Waals surface area contributed by atoms with Crippen LogP contribution in [0.25, 0.3) is 0 Å². The van der Waals surface area contributed by atoms with Crippen LogP contribution in [0.4, 0.5) is 0 Å². The number of carbonyl (C=O) groups excluding carboxylic acids is 1. The minimum Gasteiger partial charge on any atom is -0.459 e. The van der Waals surface area contributed by atoms with Gasteiger partial charge in [0.2, 0.25) is 0 Å². The van der Waals surface area contributed by atoms with Crippen LogP contribution in [0.15, 0.2) is 0 Å². The fraction of sp³-hybridized carbons (Fsp3) is 0.957. The Hall–Kier alpha value is -0.660. The number of fused-ring (bicyclic) bond motifs is 3. The molecular weight excluding hydrogens is 404 g/mol. The maximum Gasteiger partial charge on any atom is 0.397 e. The molecule has 3 saturated carbocycles. The zero-order valence-electron chi connectivity index (χ0n) is 19.1. The number of esters is 1. The third kappa shape index (κ3) is 3.53. The molecule has 0 radical (unpaired) electrons. The quantitative estimate of drug-likeness (QED) is 0.492. The lowest BCUT2D eigenvalue weighted by Crippen LogP contribution is -2.61. The average Bonchev–Trinajstić information content (AvgIpc) is 2.96. The van der Waals surface area contributed by atoms with Gasteiger partial charge in [-0.25, -0.2) is 4.18 Å². The number of hydrogen-bond donors (Lipinski definition) is 1. The van der Waals surface area contributed by atoms with Crippen molar-refractivity contribution in [3.63, 3.8) is 0 Å². The highest BCUT2D eigenvalue weighted by Gasteiger charge is 2.63. The topological polar surface area (TPSA) is 89.9 Å². The van der Waals surface area contributed by atoms with E-state index in [2.05, 4.69) is 34.6 Å². The monoisotopic (exact) mass is 442 g/mol. The normalized spacial score (nSPS) is 48.5. The van der Waals surface area contributed by atoms with Gasteiger partial charge in [-0.2, -0.15) is 8.42 Å². The summed E-state index contributed by atoms with van der Waals surface area (Å²) >= 11 is 0. The lowest BCUT2D eigenvalue weighted by molar-refractivity contribution is -0.191. The van der Waals surface area contributed by atoms with Crippen LogP contribution in [0.5, 0.6) is 0 Å². The lowest BCUT2D eigenvalue weighted by Gasteiger charge is -2.66. The van der Waals surface area contributed by atoms with Crippen LogP contribution in [0.1, 0.15) is 92.4 Å². The van der Waals surface area contributed by atoms with Gasteiger partial charge in [0, 0.05) is 6.42 Å². The molecule has 1 heterocycles. The largest absolute Gasteiger partial charge is 0.459 e. The summed E-state index contributed by atoms with van der Waals surface area (Å²) in [6, 6.07) is 0. The highest BCUT2D eigenvalue weighted by Crippen LogP contribution is 2.69. The molecule has 0 aromatic heterocycles. The van der Waals surface area contributed by atoms with Crippen molar-refractivity contribution in [3.8, 4) is 0 Å². The molecule has 6 nitrogen and oxygen atoms in total. The van der Waals surface area contributed by atoms with Gasteiger partial charge in [0.25, 0.3) is 0 Å². The minimum absolute atomic E-state index is 0.0562. The smallest absolute Gasteiger partial charge is 0.397 e. The van der Waals surface area contributed by atoms with Gasteiger partial charge in [-0.15, -0.1) is 0 Å². The highest BCUT2D eigenvalue weighted by molar-refractivity contribution is 7.80. The van der Waals surface area contributed by atoms with E-state index in [9.17, 15) is 17.8 Å². The summed E-state index contributed by atoms with van der Waals surface area (Å²) in [6.07, 6.45) is 7.88. The predicted octanol–water partition coefficient (Wildman–Crippen LogP) is 4.93. The summed E-state index contributed by atoms with van der Waals surface area (Å²) in [4.78, 5) is 11.8. The van der Waals surface area contributed by atoms with Gasteiger partial charge >= 0.3 is 16.4 Å². The lowest BCUT2D eigenvalue weighted by atomic mass is 9.40. The molecule has 0 spiro atoms. The SMILES string of the molecule is CC1(C2CC[C@H]3[C@@](C)(CCC4C(C)(C)[C@@H](OS(=O)(=O)O)CC[C@@]43C)C2)CCC(=O)O1. The van der Waals surface area contributed by atoms with Crippen LogP contribution < -0.4 is 0 Å². The number of hydrogen-bond acceptors (Lipinski definition) is 5. The van der Waals surface area contributed by atoms with Gasteiger partial charge in [-0.1, -0.05) is 27.7 Å². The van der Waals surface area contributed by atoms with Crippen LogP contribution in [-0.4, -0.2) is 30.6 Å². The molecule has 7 atom stereocenters. The maximum atomic E-state index is 11.8. The number of carbonyl (C=O) groups is 1. The molecule has 4 aliphatic rings. The second-order valence-electron chi connectivity index (χ2n) is 11.9. The van der Waals surface area contributed by atoms with Gasteiger partial charge < -0.3 is 4.74 Å². The van der Waals surface area contributed by atoms with Crippen molar-refractivity contribution in [2.24, 2.45) is 34.0 Å². The Morgan fingerprint density at radius 1 is 0.967 bits per heavy atom. The molecule has 0 amide bonds. The van der Waals surface area contributed by atoms with Crippen molar-refractivity contribution in [2.45, 2.75) is 104 Å². The van der Waals surface area contributed by atoms with E-state index < -0.39 is 16.5 Å². The Morgan fingerprint density at radius 2 is 1.67 bits per heavy atom. The fourth-order valence-electron chi connectivity index (χ4n) is 8.42. The summed E-state index contributed by atoms with van der Waals surface area (Å²) < 4.78 is 43.1. The van der Waals surface area contributed by atoms with Gasteiger partial charge in [0.1, 0.15) is 5.60 Å². The summed E-state index contributed by atoms with van der Waals surface area (Å²) in [5, 5.41) is 0. The molecule has 1 aliphatic heterocycles. The van der Waals surface area contributed by atoms with E-state index >= 15 is 0 Å². The third-order valence-electron chi connectivity index (χ3n) is 9.90. The van der Waals surface area contributed by atoms with Gasteiger partial charge in [-0.3, -0.25) is 9.35 Å². The van der Waals surface area contributed by atoms with E-state index in [-0.39, 0.29) is 27.8 Å². The molecule has 3 aliphatic carbocycles. The molecule has 1 saturated heterocycles. The molecule has 4 fully saturated rings. The van der Waals surface area contributed by atoms with Crippen molar-refractivity contribution >= 4 is 16.4 Å². The molecule has 0 aromatic carbocycles. The molecule has 3 unspecified atom stereocenters. The van der Waals surface area contributed by atoms with Crippen LogP contribution in [0.3, 0.4) is 0 Å². The first-order valence-electron chi connectivity index (χ1n) is 11.6. The third-order valence-corrected chi connectivity index (χ3v) is 10.4. The number of ether oxygens (including phenoxy) is 1. The first kappa shape index (κ1) is 22.5. The molecule has 0 bridgehead atoms. The average molecular weight is 443 g/mol. The summed E-state index contributed by atoms with van der Waals surface area (Å²) in [5.74, 6) is 1.27. The highest BCUT2D eigenvalue weighted by atomic mass is 32.3. The maximum absolute atomic E-state index is 11.8. The number of cyclic esters (lactones) is 1. The minimum atomic E-state index is -4.46. The Kier molecular flexibility index (Phi) is 5.19. The molecule has 0 aromatic rings. The van der Waals surface area contributed by atoms with E-state index in [1.807, 2.05) is 0 Å². The summed E-state index contributed by atoms with van der Waals surface area (Å²) in [7, 11) is -4.46. The molecule has 172 valence electrons. The Labute approximate surface area is 181 Å². The fourth-order valence-corrected chi connectivity index (χ4v) is 9.06. The Balaban J connectivity index is 1.57. The first-order chi connectivity index (χ1) is 13.7. The Bertz CT molecular complexity index is 822. The molecule has 30 heavy (non-hydrogen) atoms. The molecule has 4 rings (SSSR count). The second kappa shape index (κ2) is 6.92. The molecular formula is C23H38O6S. The zero-order chi connectivity index (χ0) is 22.2. The zero-order valence-corrected chi connectivity index (χ0v) is 19.9. The predicted molar refractivity (Wildman–Crippen MR) is 113 cm³/mol. The van der Waals surface area contributed by atoms with E-state index in [0.717, 1.165) is 44.9 Å². The van der Waals surface area contributed by atoms with Gasteiger partial charge in [0.15, 0.2) is 0 Å². The van der Waals surface area contributed by atoms with E-state index in [0.29, 0.717) is 30.6 Å². The van der Waals surface area contributed by atoms with E-state index in [4.69, 9.17) is 8.92 Å². The van der Waals surface area contributed by atoms with Gasteiger partial charge in [-0.05, 0) is 92.3 Å². The van der Waals surface area contributed by atoms with Crippen molar-refractivity contribution in [1.29, 1.82) is 0 Å². The molecule has 1 N–H and O–H groups in total. The van der Waals surface area contributed by atoms with Crippen LogP contribution in [-0.2, 0) is 24.1 Å². The van der Waals surface area contributed by atoms with E-state index in [1.54, 1.807) is 0 Å². The Morgan fingerprint density at radius 3 is 2.27 bits per heavy atom.